The Kier molecular flexibility index (Phi) is 7.11. The average Bonchev–Trinajstić information content (AvgIpc) is 3.08. The van der Waals surface area contributed by atoms with Gasteiger partial charge in [0.15, 0.2) is 11.4 Å². The highest BCUT2D eigenvalue weighted by Gasteiger charge is 2.67. The van der Waals surface area contributed by atoms with E-state index in [4.69, 9.17) is 9.47 Å². The summed E-state index contributed by atoms with van der Waals surface area (Å²) < 4.78 is 11.8. The van der Waals surface area contributed by atoms with E-state index in [1.54, 1.807) is 6.92 Å². The summed E-state index contributed by atoms with van der Waals surface area (Å²) in [6, 6.07) is 0. The Morgan fingerprint density at radius 3 is 2.34 bits per heavy atom. The molecule has 0 aromatic rings. The monoisotopic (exact) mass is 484 g/mol. The van der Waals surface area contributed by atoms with Gasteiger partial charge >= 0.3 is 11.9 Å². The number of hydrogen-bond acceptors (Lipinski definition) is 5. The summed E-state index contributed by atoms with van der Waals surface area (Å²) in [5.41, 5.74) is 1.30. The van der Waals surface area contributed by atoms with Gasteiger partial charge in [-0.2, -0.15) is 0 Å². The number of rotatable bonds is 7. The zero-order valence-electron chi connectivity index (χ0n) is 22.6. The minimum absolute atomic E-state index is 0.00925. The van der Waals surface area contributed by atoms with Crippen LogP contribution in [0.3, 0.4) is 0 Å². The molecule has 7 atom stereocenters. The molecule has 0 radical (unpaired) electrons. The van der Waals surface area contributed by atoms with E-state index in [-0.39, 0.29) is 34.7 Å². The maximum absolute atomic E-state index is 13.2. The predicted octanol–water partition coefficient (Wildman–Crippen LogP) is 6.50. The highest BCUT2D eigenvalue weighted by molar-refractivity contribution is 5.89. The molecule has 0 unspecified atom stereocenters. The van der Waals surface area contributed by atoms with Gasteiger partial charge in [0.2, 0.25) is 0 Å². The van der Waals surface area contributed by atoms with E-state index in [0.717, 1.165) is 51.4 Å². The van der Waals surface area contributed by atoms with E-state index >= 15 is 0 Å². The van der Waals surface area contributed by atoms with Gasteiger partial charge in [-0.1, -0.05) is 45.3 Å². The smallest absolute Gasteiger partial charge is 0.306 e. The molecule has 2 fully saturated rings. The van der Waals surface area contributed by atoms with Gasteiger partial charge in [-0.15, -0.1) is 0 Å². The second-order valence-corrected chi connectivity index (χ2v) is 12.1. The summed E-state index contributed by atoms with van der Waals surface area (Å²) in [4.78, 5) is 37.6. The Hall–Kier alpha value is -1.91. The zero-order valence-corrected chi connectivity index (χ0v) is 22.6. The van der Waals surface area contributed by atoms with Gasteiger partial charge in [0.25, 0.3) is 0 Å². The van der Waals surface area contributed by atoms with Crippen molar-refractivity contribution in [3.8, 4) is 0 Å². The lowest BCUT2D eigenvalue weighted by atomic mass is 9.47. The molecule has 0 heterocycles. The number of fused-ring (bicyclic) bond motifs is 5. The summed E-state index contributed by atoms with van der Waals surface area (Å²) in [6.07, 6.45) is 13.0. The molecule has 5 heteroatoms. The van der Waals surface area contributed by atoms with Crippen LogP contribution in [-0.4, -0.2) is 29.4 Å². The molecule has 0 bridgehead atoms. The van der Waals surface area contributed by atoms with Gasteiger partial charge in [-0.05, 0) is 93.6 Å². The first-order valence-corrected chi connectivity index (χ1v) is 13.8. The second kappa shape index (κ2) is 9.52. The van der Waals surface area contributed by atoms with Gasteiger partial charge in [0, 0.05) is 18.8 Å². The van der Waals surface area contributed by atoms with Crippen molar-refractivity contribution >= 4 is 17.7 Å². The Morgan fingerprint density at radius 2 is 1.69 bits per heavy atom. The van der Waals surface area contributed by atoms with Crippen molar-refractivity contribution in [1.29, 1.82) is 0 Å². The van der Waals surface area contributed by atoms with E-state index in [0.29, 0.717) is 30.6 Å². The molecule has 35 heavy (non-hydrogen) atoms. The SMILES string of the molecule is CCCCCC(=O)O[C@]1(C(C)=O)CC[C@@H]2[C@@H]3C=C(C)C4=C[C@H](OC(C)=O)CC[C@]4(C)[C@H]3CC[C@@]21C. The number of ketones is 1. The van der Waals surface area contributed by atoms with Gasteiger partial charge < -0.3 is 9.47 Å². The first-order valence-electron chi connectivity index (χ1n) is 13.8. The van der Waals surface area contributed by atoms with E-state index in [2.05, 4.69) is 39.8 Å². The minimum Gasteiger partial charge on any atom is -0.458 e. The largest absolute Gasteiger partial charge is 0.458 e. The Balaban J connectivity index is 1.64. The van der Waals surface area contributed by atoms with Crippen LogP contribution in [0.1, 0.15) is 106 Å². The van der Waals surface area contributed by atoms with Crippen LogP contribution in [0.2, 0.25) is 0 Å². The lowest BCUT2D eigenvalue weighted by Crippen LogP contribution is -2.58. The maximum Gasteiger partial charge on any atom is 0.306 e. The number of carbonyl (C=O) groups is 3. The first kappa shape index (κ1) is 26.2. The van der Waals surface area contributed by atoms with Crippen LogP contribution < -0.4 is 0 Å². The Bertz CT molecular complexity index is 946. The Morgan fingerprint density at radius 1 is 0.971 bits per heavy atom. The zero-order chi connectivity index (χ0) is 25.6. The fraction of sp³-hybridized carbons (Fsp3) is 0.767. The number of Topliss-reactive ketones (excluding diaryl/α,β-unsaturated/α-hetero) is 1. The van der Waals surface area contributed by atoms with Crippen LogP contribution in [0.25, 0.3) is 0 Å². The maximum atomic E-state index is 13.2. The van der Waals surface area contributed by atoms with Gasteiger partial charge in [0.1, 0.15) is 6.10 Å². The molecule has 0 saturated heterocycles. The molecule has 0 aromatic carbocycles. The summed E-state index contributed by atoms with van der Waals surface area (Å²) in [6.45, 7) is 12.0. The normalized spacial score (nSPS) is 39.9. The third kappa shape index (κ3) is 4.21. The molecule has 0 N–H and O–H groups in total. The lowest BCUT2D eigenvalue weighted by Gasteiger charge is -2.58. The number of carbonyl (C=O) groups excluding carboxylic acids is 3. The molecule has 2 saturated carbocycles. The fourth-order valence-electron chi connectivity index (χ4n) is 8.44. The molecule has 4 aliphatic rings. The highest BCUT2D eigenvalue weighted by atomic mass is 16.6. The second-order valence-electron chi connectivity index (χ2n) is 12.1. The summed E-state index contributed by atoms with van der Waals surface area (Å²) in [7, 11) is 0. The van der Waals surface area contributed by atoms with Crippen molar-refractivity contribution in [2.45, 2.75) is 117 Å². The van der Waals surface area contributed by atoms with Crippen molar-refractivity contribution < 1.29 is 23.9 Å². The van der Waals surface area contributed by atoms with Crippen molar-refractivity contribution in [3.05, 3.63) is 23.3 Å². The summed E-state index contributed by atoms with van der Waals surface area (Å²) in [5.74, 6) is 0.727. The van der Waals surface area contributed by atoms with Crippen molar-refractivity contribution in [2.24, 2.45) is 28.6 Å². The molecule has 4 rings (SSSR count). The first-order chi connectivity index (χ1) is 16.5. The van der Waals surface area contributed by atoms with Gasteiger partial charge in [0.05, 0.1) is 0 Å². The molecular weight excluding hydrogens is 440 g/mol. The summed E-state index contributed by atoms with van der Waals surface area (Å²) >= 11 is 0. The van der Waals surface area contributed by atoms with Gasteiger partial charge in [-0.25, -0.2) is 0 Å². The number of esters is 2. The van der Waals surface area contributed by atoms with Crippen LogP contribution in [0.15, 0.2) is 23.3 Å². The Labute approximate surface area is 211 Å². The number of hydrogen-bond donors (Lipinski definition) is 0. The number of ether oxygens (including phenoxy) is 2. The van der Waals surface area contributed by atoms with Gasteiger partial charge in [-0.3, -0.25) is 14.4 Å². The van der Waals surface area contributed by atoms with Crippen LogP contribution in [0, 0.1) is 28.6 Å². The molecule has 0 aromatic heterocycles. The molecule has 0 aliphatic heterocycles. The molecule has 5 nitrogen and oxygen atoms in total. The van der Waals surface area contributed by atoms with E-state index < -0.39 is 5.60 Å². The predicted molar refractivity (Wildman–Crippen MR) is 135 cm³/mol. The van der Waals surface area contributed by atoms with Crippen molar-refractivity contribution in [1.82, 2.24) is 0 Å². The number of allylic oxidation sites excluding steroid dienone is 3. The van der Waals surface area contributed by atoms with Crippen LogP contribution in [0.4, 0.5) is 0 Å². The van der Waals surface area contributed by atoms with E-state index in [9.17, 15) is 14.4 Å². The third-order valence-electron chi connectivity index (χ3n) is 10.2. The van der Waals surface area contributed by atoms with Crippen LogP contribution in [0.5, 0.6) is 0 Å². The minimum atomic E-state index is -1.00. The third-order valence-corrected chi connectivity index (χ3v) is 10.2. The molecule has 0 amide bonds. The van der Waals surface area contributed by atoms with E-state index in [1.807, 2.05) is 0 Å². The average molecular weight is 485 g/mol. The quantitative estimate of drug-likeness (QED) is 0.305. The molecule has 4 aliphatic carbocycles. The van der Waals surface area contributed by atoms with Crippen LogP contribution in [-0.2, 0) is 23.9 Å². The number of unbranched alkanes of at least 4 members (excludes halogenated alkanes) is 2. The van der Waals surface area contributed by atoms with Crippen LogP contribution >= 0.6 is 0 Å². The van der Waals surface area contributed by atoms with Crippen molar-refractivity contribution in [2.75, 3.05) is 0 Å². The molecule has 194 valence electrons. The highest BCUT2D eigenvalue weighted by Crippen LogP contribution is 2.68. The topological polar surface area (TPSA) is 69.7 Å². The summed E-state index contributed by atoms with van der Waals surface area (Å²) in [5, 5.41) is 0. The molecular formula is C30H44O5. The lowest BCUT2D eigenvalue weighted by molar-refractivity contribution is -0.187. The van der Waals surface area contributed by atoms with Crippen molar-refractivity contribution in [3.63, 3.8) is 0 Å². The standard InChI is InChI=1S/C30H44O5/c1-7-8-9-10-27(33)35-30(20(3)31)16-13-25-23-17-19(2)26-18-22(34-21(4)32)11-14-28(26,5)24(23)12-15-29(25,30)6/h17-18,22-25H,7-16H2,1-6H3/t22-,23-,24+,25-,28-,29+,30+/m1/s1. The van der Waals surface area contributed by atoms with E-state index in [1.165, 1.54) is 18.1 Å². The fourth-order valence-corrected chi connectivity index (χ4v) is 8.44. The molecule has 0 spiro atoms.